The van der Waals surface area contributed by atoms with E-state index in [9.17, 15) is 8.78 Å². The van der Waals surface area contributed by atoms with Crippen LogP contribution in [0.4, 0.5) is 8.78 Å². The number of alkyl halides is 2. The molecule has 18 heavy (non-hydrogen) atoms. The zero-order valence-electron chi connectivity index (χ0n) is 11.5. The van der Waals surface area contributed by atoms with Crippen LogP contribution in [0.2, 0.25) is 0 Å². The van der Waals surface area contributed by atoms with Crippen molar-refractivity contribution in [2.45, 2.75) is 64.3 Å². The van der Waals surface area contributed by atoms with E-state index in [1.165, 1.54) is 32.1 Å². The number of ether oxygens (including phenoxy) is 1. The van der Waals surface area contributed by atoms with Gasteiger partial charge in [0.05, 0.1) is 0 Å². The van der Waals surface area contributed by atoms with E-state index in [4.69, 9.17) is 4.74 Å². The summed E-state index contributed by atoms with van der Waals surface area (Å²) in [4.78, 5) is 0. The maximum Gasteiger partial charge on any atom is 0.261 e. The fourth-order valence-electron chi connectivity index (χ4n) is 2.75. The molecular weight excluding hydrogens is 236 g/mol. The van der Waals surface area contributed by atoms with Crippen LogP contribution in [0.5, 0.6) is 0 Å². The molecule has 0 aliphatic heterocycles. The lowest BCUT2D eigenvalue weighted by molar-refractivity contribution is 0.0121. The van der Waals surface area contributed by atoms with Gasteiger partial charge in [-0.3, -0.25) is 0 Å². The molecule has 1 saturated carbocycles. The molecule has 1 atom stereocenters. The minimum absolute atomic E-state index is 0.425. The van der Waals surface area contributed by atoms with Crippen LogP contribution >= 0.6 is 0 Å². The number of hydrogen-bond donors (Lipinski definition) is 1. The summed E-state index contributed by atoms with van der Waals surface area (Å²) in [7, 11) is 0. The smallest absolute Gasteiger partial charge is 0.261 e. The lowest BCUT2D eigenvalue weighted by Gasteiger charge is -2.31. The fraction of sp³-hybridized carbons (Fsp3) is 1.00. The summed E-state index contributed by atoms with van der Waals surface area (Å²) in [6, 6.07) is 0.447. The van der Waals surface area contributed by atoms with E-state index < -0.39 is 13.0 Å². The fourth-order valence-corrected chi connectivity index (χ4v) is 2.75. The summed E-state index contributed by atoms with van der Waals surface area (Å²) >= 11 is 0. The number of hydrogen-bond acceptors (Lipinski definition) is 2. The molecule has 0 bridgehead atoms. The highest BCUT2D eigenvalue weighted by Gasteiger charge is 2.22. The van der Waals surface area contributed by atoms with Gasteiger partial charge in [-0.15, -0.1) is 0 Å². The van der Waals surface area contributed by atoms with Crippen LogP contribution in [-0.2, 0) is 4.74 Å². The lowest BCUT2D eigenvalue weighted by atomic mass is 9.82. The Hall–Kier alpha value is -0.220. The van der Waals surface area contributed by atoms with Crippen LogP contribution in [-0.4, -0.2) is 32.2 Å². The Labute approximate surface area is 109 Å². The van der Waals surface area contributed by atoms with Crippen LogP contribution in [0.15, 0.2) is 0 Å². The number of nitrogens with one attached hydrogen (secondary N) is 1. The second-order valence-electron chi connectivity index (χ2n) is 5.21. The predicted octanol–water partition coefficient (Wildman–Crippen LogP) is 3.61. The van der Waals surface area contributed by atoms with Crippen molar-refractivity contribution in [3.05, 3.63) is 0 Å². The molecule has 0 radical (unpaired) electrons. The number of halogens is 2. The Morgan fingerprint density at radius 2 is 1.94 bits per heavy atom. The summed E-state index contributed by atoms with van der Waals surface area (Å²) in [5, 5.41) is 3.56. The van der Waals surface area contributed by atoms with Gasteiger partial charge in [0.1, 0.15) is 6.61 Å². The second-order valence-corrected chi connectivity index (χ2v) is 5.21. The third kappa shape index (κ3) is 6.64. The van der Waals surface area contributed by atoms with E-state index in [0.717, 1.165) is 19.4 Å². The van der Waals surface area contributed by atoms with Crippen LogP contribution in [0.1, 0.15) is 51.9 Å². The van der Waals surface area contributed by atoms with Crippen molar-refractivity contribution in [1.29, 1.82) is 0 Å². The molecule has 1 aliphatic rings. The van der Waals surface area contributed by atoms with Crippen molar-refractivity contribution in [3.63, 3.8) is 0 Å². The average Bonchev–Trinajstić information content (AvgIpc) is 2.38. The van der Waals surface area contributed by atoms with Crippen LogP contribution in [0.3, 0.4) is 0 Å². The highest BCUT2D eigenvalue weighted by Crippen LogP contribution is 2.27. The van der Waals surface area contributed by atoms with Crippen molar-refractivity contribution in [2.75, 3.05) is 19.8 Å². The Balaban J connectivity index is 2.25. The molecule has 1 unspecified atom stereocenters. The molecule has 0 heterocycles. The zero-order chi connectivity index (χ0) is 13.2. The van der Waals surface area contributed by atoms with Gasteiger partial charge >= 0.3 is 0 Å². The Morgan fingerprint density at radius 3 is 2.56 bits per heavy atom. The molecule has 1 fully saturated rings. The molecule has 0 spiro atoms. The van der Waals surface area contributed by atoms with E-state index in [-0.39, 0.29) is 0 Å². The van der Waals surface area contributed by atoms with Gasteiger partial charge in [-0.25, -0.2) is 8.78 Å². The van der Waals surface area contributed by atoms with Crippen LogP contribution in [0, 0.1) is 5.92 Å². The van der Waals surface area contributed by atoms with Crippen molar-refractivity contribution < 1.29 is 13.5 Å². The summed E-state index contributed by atoms with van der Waals surface area (Å²) in [5.41, 5.74) is 0. The van der Waals surface area contributed by atoms with Gasteiger partial charge in [0.15, 0.2) is 0 Å². The quantitative estimate of drug-likeness (QED) is 0.642. The van der Waals surface area contributed by atoms with Gasteiger partial charge in [-0.2, -0.15) is 0 Å². The highest BCUT2D eigenvalue weighted by atomic mass is 19.3. The third-order valence-electron chi connectivity index (χ3n) is 3.69. The molecular formula is C14H27F2NO. The second kappa shape index (κ2) is 9.68. The van der Waals surface area contributed by atoms with Gasteiger partial charge in [0.2, 0.25) is 0 Å². The monoisotopic (exact) mass is 263 g/mol. The Kier molecular flexibility index (Phi) is 8.51. The van der Waals surface area contributed by atoms with E-state index in [0.29, 0.717) is 18.6 Å². The molecule has 4 heteroatoms. The molecule has 0 saturated heterocycles. The van der Waals surface area contributed by atoms with Crippen molar-refractivity contribution >= 4 is 0 Å². The molecule has 1 rings (SSSR count). The molecule has 108 valence electrons. The van der Waals surface area contributed by atoms with Gasteiger partial charge in [-0.05, 0) is 38.1 Å². The van der Waals surface area contributed by atoms with E-state index in [2.05, 4.69) is 12.2 Å². The first-order chi connectivity index (χ1) is 8.74. The lowest BCUT2D eigenvalue weighted by Crippen LogP contribution is -2.38. The largest absolute Gasteiger partial charge is 0.375 e. The third-order valence-corrected chi connectivity index (χ3v) is 3.69. The SMILES string of the molecule is CCCNC(CCOCC(F)F)C1CCCCC1. The molecule has 0 aromatic carbocycles. The van der Waals surface area contributed by atoms with E-state index in [1.54, 1.807) is 0 Å². The standard InChI is InChI=1S/C14H27F2NO/c1-2-9-17-13(8-10-18-11-14(15)16)12-6-4-3-5-7-12/h12-14,17H,2-11H2,1H3. The zero-order valence-corrected chi connectivity index (χ0v) is 11.5. The first-order valence-corrected chi connectivity index (χ1v) is 7.33. The van der Waals surface area contributed by atoms with Crippen molar-refractivity contribution in [3.8, 4) is 0 Å². The maximum absolute atomic E-state index is 12.0. The first kappa shape index (κ1) is 15.8. The molecule has 0 aromatic heterocycles. The first-order valence-electron chi connectivity index (χ1n) is 7.33. The topological polar surface area (TPSA) is 21.3 Å². The van der Waals surface area contributed by atoms with E-state index in [1.807, 2.05) is 0 Å². The van der Waals surface area contributed by atoms with Crippen molar-refractivity contribution in [1.82, 2.24) is 5.32 Å². The Bertz CT molecular complexity index is 196. The molecule has 0 aromatic rings. The highest BCUT2D eigenvalue weighted by molar-refractivity contribution is 4.79. The van der Waals surface area contributed by atoms with Crippen LogP contribution in [0.25, 0.3) is 0 Å². The summed E-state index contributed by atoms with van der Waals surface area (Å²) in [6.07, 6.45) is 6.14. The molecule has 0 amide bonds. The number of rotatable bonds is 9. The minimum Gasteiger partial charge on any atom is -0.375 e. The average molecular weight is 263 g/mol. The van der Waals surface area contributed by atoms with Crippen molar-refractivity contribution in [2.24, 2.45) is 5.92 Å². The van der Waals surface area contributed by atoms with Gasteiger partial charge < -0.3 is 10.1 Å². The minimum atomic E-state index is -2.35. The van der Waals surface area contributed by atoms with Gasteiger partial charge in [-0.1, -0.05) is 26.2 Å². The van der Waals surface area contributed by atoms with Crippen LogP contribution < -0.4 is 5.32 Å². The molecule has 2 nitrogen and oxygen atoms in total. The van der Waals surface area contributed by atoms with E-state index >= 15 is 0 Å². The molecule has 1 N–H and O–H groups in total. The normalized spacial score (nSPS) is 19.3. The Morgan fingerprint density at radius 1 is 1.22 bits per heavy atom. The summed E-state index contributed by atoms with van der Waals surface area (Å²) < 4.78 is 29.0. The maximum atomic E-state index is 12.0. The summed E-state index contributed by atoms with van der Waals surface area (Å²) in [6.45, 7) is 3.18. The molecule has 1 aliphatic carbocycles. The van der Waals surface area contributed by atoms with Gasteiger partial charge in [0.25, 0.3) is 6.43 Å². The van der Waals surface area contributed by atoms with Gasteiger partial charge in [0, 0.05) is 12.6 Å². The summed E-state index contributed by atoms with van der Waals surface area (Å²) in [5.74, 6) is 0.709. The predicted molar refractivity (Wildman–Crippen MR) is 70.1 cm³/mol.